The van der Waals surface area contributed by atoms with E-state index < -0.39 is 11.9 Å². The van der Waals surface area contributed by atoms with Crippen LogP contribution >= 0.6 is 0 Å². The Kier molecular flexibility index (Phi) is 4.12. The van der Waals surface area contributed by atoms with Crippen molar-refractivity contribution in [3.05, 3.63) is 17.5 Å². The Morgan fingerprint density at radius 2 is 2.18 bits per heavy atom. The summed E-state index contributed by atoms with van der Waals surface area (Å²) < 4.78 is 44.9. The Labute approximate surface area is 125 Å². The number of hydrogen-bond donors (Lipinski definition) is 1. The summed E-state index contributed by atoms with van der Waals surface area (Å²) in [5, 5.41) is 6.26. The summed E-state index contributed by atoms with van der Waals surface area (Å²) >= 11 is 0. The number of nitrogens with zero attached hydrogens (tertiary/aromatic N) is 2. The maximum Gasteiger partial charge on any atom is 0.435 e. The predicted octanol–water partition coefficient (Wildman–Crippen LogP) is 2.07. The van der Waals surface area contributed by atoms with E-state index in [9.17, 15) is 18.0 Å². The topological polar surface area (TPSA) is 56.2 Å². The van der Waals surface area contributed by atoms with Crippen molar-refractivity contribution in [3.8, 4) is 0 Å². The zero-order chi connectivity index (χ0) is 15.7. The van der Waals surface area contributed by atoms with Gasteiger partial charge in [-0.2, -0.15) is 18.3 Å². The molecule has 1 saturated heterocycles. The largest absolute Gasteiger partial charge is 0.435 e. The smallest absolute Gasteiger partial charge is 0.376 e. The minimum absolute atomic E-state index is 0.00945. The standard InChI is InChI=1S/C14H18F3N3O2/c15-14(16,17)12-6-11(9-3-4-9)20(19-12)8-13(21)18-7-10-2-1-5-22-10/h6,9-10H,1-5,7-8H2,(H,18,21). The Hall–Kier alpha value is -1.57. The molecule has 0 bridgehead atoms. The number of halogens is 3. The Morgan fingerprint density at radius 1 is 1.41 bits per heavy atom. The SMILES string of the molecule is O=C(Cn1nc(C(F)(F)F)cc1C1CC1)NCC1CCCO1. The highest BCUT2D eigenvalue weighted by Gasteiger charge is 2.38. The van der Waals surface area contributed by atoms with Crippen LogP contribution in [-0.2, 0) is 22.3 Å². The van der Waals surface area contributed by atoms with Crippen LogP contribution in [0.3, 0.4) is 0 Å². The van der Waals surface area contributed by atoms with Gasteiger partial charge in [0.25, 0.3) is 0 Å². The summed E-state index contributed by atoms with van der Waals surface area (Å²) in [6.07, 6.45) is -0.909. The van der Waals surface area contributed by atoms with Crippen LogP contribution in [0.4, 0.5) is 13.2 Å². The predicted molar refractivity (Wildman–Crippen MR) is 71.2 cm³/mol. The minimum Gasteiger partial charge on any atom is -0.376 e. The van der Waals surface area contributed by atoms with Crippen molar-refractivity contribution in [1.29, 1.82) is 0 Å². The van der Waals surface area contributed by atoms with Gasteiger partial charge < -0.3 is 10.1 Å². The molecule has 0 radical (unpaired) electrons. The van der Waals surface area contributed by atoms with Crippen LogP contribution in [0.5, 0.6) is 0 Å². The summed E-state index contributed by atoms with van der Waals surface area (Å²) in [6, 6.07) is 1.06. The number of aromatic nitrogens is 2. The summed E-state index contributed by atoms with van der Waals surface area (Å²) in [6.45, 7) is 0.903. The molecule has 1 saturated carbocycles. The van der Waals surface area contributed by atoms with E-state index in [0.29, 0.717) is 18.8 Å². The van der Waals surface area contributed by atoms with Gasteiger partial charge in [0.15, 0.2) is 5.69 Å². The van der Waals surface area contributed by atoms with Crippen LogP contribution in [0.25, 0.3) is 0 Å². The number of ether oxygens (including phenoxy) is 1. The highest BCUT2D eigenvalue weighted by atomic mass is 19.4. The Bertz CT molecular complexity index is 546. The Morgan fingerprint density at radius 3 is 2.77 bits per heavy atom. The van der Waals surface area contributed by atoms with Gasteiger partial charge in [0, 0.05) is 24.8 Å². The maximum atomic E-state index is 12.8. The van der Waals surface area contributed by atoms with E-state index >= 15 is 0 Å². The van der Waals surface area contributed by atoms with Crippen molar-refractivity contribution in [2.75, 3.05) is 13.2 Å². The normalized spacial score (nSPS) is 22.0. The van der Waals surface area contributed by atoms with Crippen LogP contribution in [0.1, 0.15) is 43.0 Å². The zero-order valence-electron chi connectivity index (χ0n) is 12.0. The van der Waals surface area contributed by atoms with E-state index in [2.05, 4.69) is 10.4 Å². The number of carbonyl (C=O) groups is 1. The summed E-state index contributed by atoms with van der Waals surface area (Å²) in [5.74, 6) is -0.246. The van der Waals surface area contributed by atoms with Crippen LogP contribution in [0, 0.1) is 0 Å². The first-order valence-electron chi connectivity index (χ1n) is 7.47. The molecule has 1 atom stereocenters. The van der Waals surface area contributed by atoms with Gasteiger partial charge in [-0.3, -0.25) is 9.48 Å². The molecule has 0 spiro atoms. The molecule has 1 unspecified atom stereocenters. The molecule has 1 aliphatic heterocycles. The lowest BCUT2D eigenvalue weighted by molar-refractivity contribution is -0.141. The van der Waals surface area contributed by atoms with Crippen molar-refractivity contribution < 1.29 is 22.7 Å². The second-order valence-corrected chi connectivity index (χ2v) is 5.82. The molecule has 122 valence electrons. The molecular formula is C14H18F3N3O2. The molecular weight excluding hydrogens is 299 g/mol. The van der Waals surface area contributed by atoms with Crippen LogP contribution in [0.15, 0.2) is 6.07 Å². The first-order chi connectivity index (χ1) is 10.4. The summed E-state index contributed by atoms with van der Waals surface area (Å²) in [4.78, 5) is 11.9. The van der Waals surface area contributed by atoms with E-state index in [0.717, 1.165) is 31.7 Å². The molecule has 5 nitrogen and oxygen atoms in total. The second kappa shape index (κ2) is 5.91. The van der Waals surface area contributed by atoms with Crippen molar-refractivity contribution in [1.82, 2.24) is 15.1 Å². The molecule has 2 heterocycles. The number of carbonyl (C=O) groups excluding carboxylic acids is 1. The van der Waals surface area contributed by atoms with Crippen molar-refractivity contribution in [3.63, 3.8) is 0 Å². The van der Waals surface area contributed by atoms with Gasteiger partial charge in [-0.25, -0.2) is 0 Å². The average molecular weight is 317 g/mol. The highest BCUT2D eigenvalue weighted by molar-refractivity contribution is 5.75. The van der Waals surface area contributed by atoms with E-state index in [4.69, 9.17) is 4.74 Å². The molecule has 0 aromatic carbocycles. The van der Waals surface area contributed by atoms with E-state index in [1.54, 1.807) is 0 Å². The van der Waals surface area contributed by atoms with Gasteiger partial charge in [0.1, 0.15) is 6.54 Å². The third-order valence-electron chi connectivity index (χ3n) is 3.94. The fourth-order valence-electron chi connectivity index (χ4n) is 2.63. The molecule has 22 heavy (non-hydrogen) atoms. The van der Waals surface area contributed by atoms with Crippen molar-refractivity contribution in [2.45, 2.75) is 50.4 Å². The van der Waals surface area contributed by atoms with Gasteiger partial charge in [-0.1, -0.05) is 0 Å². The first-order valence-corrected chi connectivity index (χ1v) is 7.47. The van der Waals surface area contributed by atoms with E-state index in [1.165, 1.54) is 4.68 Å². The zero-order valence-corrected chi connectivity index (χ0v) is 12.0. The number of amides is 1. The lowest BCUT2D eigenvalue weighted by Crippen LogP contribution is -2.34. The molecule has 8 heteroatoms. The number of alkyl halides is 3. The summed E-state index contributed by atoms with van der Waals surface area (Å²) in [5.41, 5.74) is -0.430. The molecule has 1 aromatic rings. The second-order valence-electron chi connectivity index (χ2n) is 5.82. The first kappa shape index (κ1) is 15.3. The van der Waals surface area contributed by atoms with Crippen LogP contribution in [-0.4, -0.2) is 34.9 Å². The van der Waals surface area contributed by atoms with Gasteiger partial charge in [-0.05, 0) is 31.7 Å². The molecule has 3 rings (SSSR count). The average Bonchev–Trinajstić information content (AvgIpc) is 2.99. The third kappa shape index (κ3) is 3.60. The third-order valence-corrected chi connectivity index (χ3v) is 3.94. The number of nitrogens with one attached hydrogen (secondary N) is 1. The van der Waals surface area contributed by atoms with Gasteiger partial charge in [0.2, 0.25) is 5.91 Å². The number of hydrogen-bond acceptors (Lipinski definition) is 3. The van der Waals surface area contributed by atoms with Crippen molar-refractivity contribution in [2.24, 2.45) is 0 Å². The highest BCUT2D eigenvalue weighted by Crippen LogP contribution is 2.42. The van der Waals surface area contributed by atoms with Gasteiger partial charge >= 0.3 is 6.18 Å². The fraction of sp³-hybridized carbons (Fsp3) is 0.714. The monoisotopic (exact) mass is 317 g/mol. The molecule has 1 aliphatic carbocycles. The lowest BCUT2D eigenvalue weighted by atomic mass is 10.2. The van der Waals surface area contributed by atoms with Crippen molar-refractivity contribution >= 4 is 5.91 Å². The van der Waals surface area contributed by atoms with E-state index in [1.807, 2.05) is 0 Å². The van der Waals surface area contributed by atoms with Gasteiger partial charge in [-0.15, -0.1) is 0 Å². The van der Waals surface area contributed by atoms with E-state index in [-0.39, 0.29) is 24.5 Å². The molecule has 2 aliphatic rings. The summed E-state index contributed by atoms with van der Waals surface area (Å²) in [7, 11) is 0. The molecule has 1 aromatic heterocycles. The fourth-order valence-corrected chi connectivity index (χ4v) is 2.63. The lowest BCUT2D eigenvalue weighted by Gasteiger charge is -2.11. The molecule has 2 fully saturated rings. The molecule has 1 N–H and O–H groups in total. The van der Waals surface area contributed by atoms with Crippen LogP contribution in [0.2, 0.25) is 0 Å². The maximum absolute atomic E-state index is 12.8. The van der Waals surface area contributed by atoms with Gasteiger partial charge in [0.05, 0.1) is 6.10 Å². The molecule has 1 amide bonds. The Balaban J connectivity index is 1.63. The quantitative estimate of drug-likeness (QED) is 0.904. The van der Waals surface area contributed by atoms with Crippen LogP contribution < -0.4 is 5.32 Å². The number of rotatable bonds is 5. The minimum atomic E-state index is -4.48.